The van der Waals surface area contributed by atoms with Gasteiger partial charge in [0.15, 0.2) is 0 Å². The number of rotatable bonds is 0. The van der Waals surface area contributed by atoms with Gasteiger partial charge in [0, 0.05) is 0 Å². The predicted octanol–water partition coefficient (Wildman–Crippen LogP) is 4.15. The molecule has 0 aliphatic carbocycles. The number of alkyl halides is 9. The molecule has 0 spiro atoms. The molecular weight excluding hydrogens is 331 g/mol. The zero-order chi connectivity index (χ0) is 17.0. The quantitative estimate of drug-likeness (QED) is 0.493. The van der Waals surface area contributed by atoms with Crippen LogP contribution in [0.4, 0.5) is 39.5 Å². The molecule has 0 amide bonds. The number of halogens is 9. The Balaban J connectivity index is 4.12. The van der Waals surface area contributed by atoms with Gasteiger partial charge in [-0.05, 0) is 25.0 Å². The first-order valence-corrected chi connectivity index (χ1v) is 5.70. The van der Waals surface area contributed by atoms with Gasteiger partial charge in [0.1, 0.15) is 0 Å². The molecule has 3 radical (unpaired) electrons. The molecule has 0 aromatic heterocycles. The minimum absolute atomic E-state index is 0.556. The normalized spacial score (nSPS) is 13.7. The molecule has 0 heterocycles. The highest BCUT2D eigenvalue weighted by molar-refractivity contribution is 6.34. The predicted molar refractivity (Wildman–Crippen MR) is 56.3 cm³/mol. The van der Waals surface area contributed by atoms with Crippen molar-refractivity contribution in [2.24, 2.45) is 0 Å². The summed E-state index contributed by atoms with van der Waals surface area (Å²) < 4.78 is 115. The minimum atomic E-state index is -5.81. The van der Waals surface area contributed by atoms with Crippen molar-refractivity contribution < 1.29 is 39.5 Å². The fraction of sp³-hybridized carbons (Fsp3) is 0.455. The maximum atomic E-state index is 12.8. The second-order valence-corrected chi connectivity index (χ2v) is 4.74. The molecule has 1 aromatic rings. The van der Waals surface area contributed by atoms with Crippen LogP contribution in [-0.2, 0) is 18.5 Å². The van der Waals surface area contributed by atoms with Crippen LogP contribution in [0.25, 0.3) is 0 Å². The molecule has 0 aliphatic heterocycles. The fourth-order valence-corrected chi connectivity index (χ4v) is 2.38. The Labute approximate surface area is 116 Å². The van der Waals surface area contributed by atoms with Crippen molar-refractivity contribution in [1.29, 1.82) is 0 Å². The number of benzene rings is 1. The molecule has 1 rings (SSSR count). The van der Waals surface area contributed by atoms with Crippen molar-refractivity contribution in [2.75, 3.05) is 0 Å². The summed E-state index contributed by atoms with van der Waals surface area (Å²) >= 11 is 0. The van der Waals surface area contributed by atoms with Gasteiger partial charge < -0.3 is 0 Å². The first kappa shape index (κ1) is 17.9. The third-order valence-corrected chi connectivity index (χ3v) is 3.54. The van der Waals surface area contributed by atoms with Gasteiger partial charge in [-0.15, -0.1) is 0 Å². The Morgan fingerprint density at radius 1 is 0.571 bits per heavy atom. The second-order valence-electron chi connectivity index (χ2n) is 4.24. The molecule has 0 saturated carbocycles. The van der Waals surface area contributed by atoms with E-state index in [-0.39, 0.29) is 0 Å². The lowest BCUT2D eigenvalue weighted by molar-refractivity contribution is -0.174. The summed E-state index contributed by atoms with van der Waals surface area (Å²) in [7, 11) is 2.38. The summed E-state index contributed by atoms with van der Waals surface area (Å²) in [5.74, 6) is 0. The van der Waals surface area contributed by atoms with E-state index in [0.29, 0.717) is 6.92 Å². The lowest BCUT2D eigenvalue weighted by atomic mass is 9.91. The molecule has 1 aromatic carbocycles. The molecule has 21 heavy (non-hydrogen) atoms. The van der Waals surface area contributed by atoms with Crippen LogP contribution in [-0.4, -0.2) is 10.2 Å². The summed E-state index contributed by atoms with van der Waals surface area (Å²) in [5.41, 5.74) is -8.88. The van der Waals surface area contributed by atoms with Crippen molar-refractivity contribution in [2.45, 2.75) is 32.4 Å². The van der Waals surface area contributed by atoms with E-state index in [4.69, 9.17) is 0 Å². The maximum absolute atomic E-state index is 12.8. The summed E-state index contributed by atoms with van der Waals surface area (Å²) in [6, 6.07) is 0. The Morgan fingerprint density at radius 3 is 1.19 bits per heavy atom. The molecule has 0 unspecified atom stereocenters. The zero-order valence-corrected chi connectivity index (χ0v) is 11.4. The Morgan fingerprint density at radius 2 is 0.905 bits per heavy atom. The van der Waals surface area contributed by atoms with Crippen LogP contribution in [0.15, 0.2) is 0 Å². The van der Waals surface area contributed by atoms with Gasteiger partial charge >= 0.3 is 18.5 Å². The van der Waals surface area contributed by atoms with Crippen molar-refractivity contribution in [3.63, 3.8) is 0 Å². The van der Waals surface area contributed by atoms with Gasteiger partial charge in [-0.1, -0.05) is 5.19 Å². The second kappa shape index (κ2) is 4.92. The Kier molecular flexibility index (Phi) is 4.19. The van der Waals surface area contributed by atoms with E-state index in [0.717, 1.165) is 6.92 Å². The van der Waals surface area contributed by atoms with Crippen LogP contribution < -0.4 is 5.19 Å². The molecule has 0 saturated heterocycles. The van der Waals surface area contributed by atoms with Gasteiger partial charge in [0.05, 0.1) is 26.9 Å². The van der Waals surface area contributed by atoms with E-state index in [1.54, 1.807) is 0 Å². The lowest BCUT2D eigenvalue weighted by Crippen LogP contribution is -2.33. The average Bonchev–Trinajstić information content (AvgIpc) is 2.19. The largest absolute Gasteiger partial charge is 0.417 e. The first-order chi connectivity index (χ1) is 9.10. The Bertz CT molecular complexity index is 522. The van der Waals surface area contributed by atoms with Crippen molar-refractivity contribution in [3.05, 3.63) is 27.8 Å². The van der Waals surface area contributed by atoms with Crippen LogP contribution in [0.1, 0.15) is 27.8 Å². The number of hydrogen-bond donors (Lipinski definition) is 0. The third kappa shape index (κ3) is 3.19. The van der Waals surface area contributed by atoms with E-state index >= 15 is 0 Å². The smallest absolute Gasteiger partial charge is 0.166 e. The fourth-order valence-electron chi connectivity index (χ4n) is 1.92. The van der Waals surface area contributed by atoms with Crippen molar-refractivity contribution in [1.82, 2.24) is 0 Å². The molecule has 0 fully saturated rings. The van der Waals surface area contributed by atoms with E-state index < -0.39 is 51.5 Å². The molecule has 0 atom stereocenters. The van der Waals surface area contributed by atoms with Crippen LogP contribution >= 0.6 is 0 Å². The highest BCUT2D eigenvalue weighted by Gasteiger charge is 2.52. The standard InChI is InChI=1S/C11H6F9Si/c1-3-4(2)8(21)7(11(18,19)20)6(10(15,16)17)5(3)9(12,13)14/h1-2H3. The van der Waals surface area contributed by atoms with Crippen molar-refractivity contribution in [3.8, 4) is 0 Å². The lowest BCUT2D eigenvalue weighted by Gasteiger charge is -2.26. The summed E-state index contributed by atoms with van der Waals surface area (Å²) in [6.07, 6.45) is -17.0. The van der Waals surface area contributed by atoms with E-state index in [1.165, 1.54) is 0 Å². The maximum Gasteiger partial charge on any atom is 0.417 e. The van der Waals surface area contributed by atoms with Crippen LogP contribution in [0, 0.1) is 13.8 Å². The van der Waals surface area contributed by atoms with Gasteiger partial charge in [-0.3, -0.25) is 0 Å². The van der Waals surface area contributed by atoms with Gasteiger partial charge in [0.25, 0.3) is 0 Å². The van der Waals surface area contributed by atoms with Crippen LogP contribution in [0.2, 0.25) is 0 Å². The topological polar surface area (TPSA) is 0 Å². The van der Waals surface area contributed by atoms with Crippen LogP contribution in [0.5, 0.6) is 0 Å². The van der Waals surface area contributed by atoms with Gasteiger partial charge in [-0.25, -0.2) is 0 Å². The third-order valence-electron chi connectivity index (χ3n) is 2.91. The summed E-state index contributed by atoms with van der Waals surface area (Å²) in [4.78, 5) is 0. The zero-order valence-electron chi connectivity index (χ0n) is 10.4. The molecule has 117 valence electrons. The van der Waals surface area contributed by atoms with Crippen molar-refractivity contribution >= 4 is 15.4 Å². The summed E-state index contributed by atoms with van der Waals surface area (Å²) in [5, 5.41) is -1.06. The van der Waals surface area contributed by atoms with E-state index in [2.05, 4.69) is 10.2 Å². The first-order valence-electron chi connectivity index (χ1n) is 5.20. The molecule has 0 N–H and O–H groups in total. The monoisotopic (exact) mass is 337 g/mol. The molecular formula is C11H6F9Si. The van der Waals surface area contributed by atoms with E-state index in [9.17, 15) is 39.5 Å². The van der Waals surface area contributed by atoms with Crippen LogP contribution in [0.3, 0.4) is 0 Å². The minimum Gasteiger partial charge on any atom is -0.166 e. The molecule has 0 aliphatic rings. The SMILES string of the molecule is Cc1c(C)c(C(F)(F)F)c(C(F)(F)F)c(C(F)(F)F)c1[Si]. The number of hydrogen-bond acceptors (Lipinski definition) is 0. The van der Waals surface area contributed by atoms with Gasteiger partial charge in [-0.2, -0.15) is 39.5 Å². The Hall–Kier alpha value is -1.19. The molecule has 0 nitrogen and oxygen atoms in total. The molecule has 0 bridgehead atoms. The van der Waals surface area contributed by atoms with Gasteiger partial charge in [0.2, 0.25) is 0 Å². The summed E-state index contributed by atoms with van der Waals surface area (Å²) in [6.45, 7) is 1.57. The average molecular weight is 337 g/mol. The van der Waals surface area contributed by atoms with E-state index in [1.807, 2.05) is 0 Å². The highest BCUT2D eigenvalue weighted by atomic mass is 28.1. The molecule has 10 heteroatoms. The highest BCUT2D eigenvalue weighted by Crippen LogP contribution is 2.47.